The summed E-state index contributed by atoms with van der Waals surface area (Å²) in [6.45, 7) is 6.39. The quantitative estimate of drug-likeness (QED) is 0.389. The van der Waals surface area contributed by atoms with Crippen molar-refractivity contribution in [3.8, 4) is 22.8 Å². The number of anilines is 1. The van der Waals surface area contributed by atoms with Crippen LogP contribution in [0.1, 0.15) is 20.8 Å². The van der Waals surface area contributed by atoms with Crippen LogP contribution in [0.2, 0.25) is 0 Å². The van der Waals surface area contributed by atoms with Gasteiger partial charge < -0.3 is 14.6 Å². The first kappa shape index (κ1) is 27.0. The molecule has 3 aromatic rings. The molecule has 0 spiro atoms. The highest BCUT2D eigenvalue weighted by Crippen LogP contribution is 2.40. The Hall–Kier alpha value is -3.03. The van der Waals surface area contributed by atoms with E-state index in [0.717, 1.165) is 4.90 Å². The number of nitrogens with zero attached hydrogens (tertiary/aromatic N) is 4. The zero-order valence-electron chi connectivity index (χ0n) is 21.2. The molecule has 0 aliphatic carbocycles. The zero-order chi connectivity index (χ0) is 27.0. The Morgan fingerprint density at radius 1 is 1.30 bits per heavy atom. The van der Waals surface area contributed by atoms with E-state index < -0.39 is 21.1 Å². The van der Waals surface area contributed by atoms with Crippen molar-refractivity contribution in [1.29, 1.82) is 0 Å². The number of hydrogen-bond acceptors (Lipinski definition) is 9. The van der Waals surface area contributed by atoms with Crippen molar-refractivity contribution in [2.24, 2.45) is 5.10 Å². The number of thioether (sulfide) groups is 1. The molecule has 0 saturated heterocycles. The van der Waals surface area contributed by atoms with E-state index in [1.54, 1.807) is 35.5 Å². The summed E-state index contributed by atoms with van der Waals surface area (Å²) in [7, 11) is -0.968. The summed E-state index contributed by atoms with van der Waals surface area (Å²) >= 11 is 1.58. The molecule has 1 atom stereocenters. The van der Waals surface area contributed by atoms with E-state index in [0.29, 0.717) is 22.7 Å². The van der Waals surface area contributed by atoms with Gasteiger partial charge in [0.05, 0.1) is 42.7 Å². The first-order valence-corrected chi connectivity index (χ1v) is 13.9. The molecule has 1 aliphatic rings. The highest BCUT2D eigenvalue weighted by atomic mass is 32.2. The number of methoxy groups -OCH3 is 1. The minimum Gasteiger partial charge on any atom is -0.492 e. The first-order valence-electron chi connectivity index (χ1n) is 11.5. The number of hydrazone groups is 1. The van der Waals surface area contributed by atoms with Gasteiger partial charge in [-0.1, -0.05) is 20.8 Å². The summed E-state index contributed by atoms with van der Waals surface area (Å²) in [4.78, 5) is 5.26. The van der Waals surface area contributed by atoms with Gasteiger partial charge in [-0.25, -0.2) is 17.8 Å². The number of aliphatic hydroxyl groups excluding tert-OH is 1. The Kier molecular flexibility index (Phi) is 7.58. The van der Waals surface area contributed by atoms with E-state index in [1.165, 1.54) is 30.5 Å². The van der Waals surface area contributed by atoms with Crippen LogP contribution in [0, 0.1) is 5.82 Å². The van der Waals surface area contributed by atoms with Crippen molar-refractivity contribution in [3.63, 3.8) is 0 Å². The molecule has 0 amide bonds. The fourth-order valence-electron chi connectivity index (χ4n) is 3.85. The number of sulfonamides is 1. The number of ether oxygens (including phenoxy) is 2. The summed E-state index contributed by atoms with van der Waals surface area (Å²) in [5.74, 6) is -0.360. The minimum absolute atomic E-state index is 0.0254. The van der Waals surface area contributed by atoms with Crippen LogP contribution in [0.4, 0.5) is 10.1 Å². The molecule has 10 nitrogen and oxygen atoms in total. The van der Waals surface area contributed by atoms with Gasteiger partial charge >= 0.3 is 0 Å². The van der Waals surface area contributed by atoms with Crippen LogP contribution < -0.4 is 14.2 Å². The Balaban J connectivity index is 1.79. The Morgan fingerprint density at radius 3 is 2.68 bits per heavy atom. The number of hydrogen-bond donors (Lipinski definition) is 2. The Labute approximate surface area is 219 Å². The third kappa shape index (κ3) is 5.94. The molecule has 0 radical (unpaired) electrons. The van der Waals surface area contributed by atoms with E-state index >= 15 is 4.39 Å². The van der Waals surface area contributed by atoms with Gasteiger partial charge in [0, 0.05) is 35.8 Å². The summed E-state index contributed by atoms with van der Waals surface area (Å²) in [6, 6.07) is 4.55. The average Bonchev–Trinajstić information content (AvgIpc) is 3.42. The largest absolute Gasteiger partial charge is 0.492 e. The van der Waals surface area contributed by atoms with E-state index in [9.17, 15) is 13.5 Å². The smallest absolute Gasteiger partial charge is 0.242 e. The van der Waals surface area contributed by atoms with Crippen molar-refractivity contribution in [3.05, 3.63) is 36.4 Å². The number of aliphatic hydroxyl groups is 1. The number of pyridine rings is 1. The summed E-state index contributed by atoms with van der Waals surface area (Å²) in [5, 5.41) is 13.8. The van der Waals surface area contributed by atoms with Gasteiger partial charge in [0.15, 0.2) is 11.6 Å². The van der Waals surface area contributed by atoms with Gasteiger partial charge in [-0.2, -0.15) is 5.10 Å². The SMILES string of the molecule is COc1c(F)cc(-c2cnc3cc(OCCO)c(SC(C)(C)C)cn23)cc1NS(=O)(=O)C1C=NN(C)C1. The molecule has 2 aromatic heterocycles. The van der Waals surface area contributed by atoms with Gasteiger partial charge in [-0.05, 0) is 12.1 Å². The third-order valence-corrected chi connectivity index (χ3v) is 8.12. The number of rotatable bonds is 9. The second-order valence-electron chi connectivity index (χ2n) is 9.49. The molecule has 37 heavy (non-hydrogen) atoms. The summed E-state index contributed by atoms with van der Waals surface area (Å²) < 4.78 is 56.2. The van der Waals surface area contributed by atoms with E-state index in [2.05, 4.69) is 35.6 Å². The molecule has 4 rings (SSSR count). The lowest BCUT2D eigenvalue weighted by atomic mass is 10.1. The molecule has 0 saturated carbocycles. The fraction of sp³-hybridized carbons (Fsp3) is 0.417. The Bertz CT molecular complexity index is 1440. The molecular formula is C24H30FN5O5S2. The van der Waals surface area contributed by atoms with Crippen LogP contribution in [0.15, 0.2) is 40.6 Å². The van der Waals surface area contributed by atoms with Crippen molar-refractivity contribution >= 4 is 39.3 Å². The highest BCUT2D eigenvalue weighted by molar-refractivity contribution is 8.00. The zero-order valence-corrected chi connectivity index (χ0v) is 22.9. The molecular weight excluding hydrogens is 521 g/mol. The lowest BCUT2D eigenvalue weighted by Gasteiger charge is -2.20. The molecule has 0 fully saturated rings. The molecule has 1 aliphatic heterocycles. The predicted molar refractivity (Wildman–Crippen MR) is 143 cm³/mol. The predicted octanol–water partition coefficient (Wildman–Crippen LogP) is 3.45. The number of imidazole rings is 1. The normalized spacial score (nSPS) is 16.0. The third-order valence-electron chi connectivity index (χ3n) is 5.41. The van der Waals surface area contributed by atoms with E-state index in [1.807, 2.05) is 6.20 Å². The van der Waals surface area contributed by atoms with E-state index in [4.69, 9.17) is 9.47 Å². The second kappa shape index (κ2) is 10.4. The lowest BCUT2D eigenvalue weighted by molar-refractivity contribution is 0.198. The second-order valence-corrected chi connectivity index (χ2v) is 13.3. The molecule has 2 N–H and O–H groups in total. The van der Waals surface area contributed by atoms with Crippen molar-refractivity contribution in [2.45, 2.75) is 35.7 Å². The van der Waals surface area contributed by atoms with Gasteiger partial charge in [-0.15, -0.1) is 11.8 Å². The van der Waals surface area contributed by atoms with Crippen LogP contribution in [0.5, 0.6) is 11.5 Å². The minimum atomic E-state index is -3.92. The molecule has 0 bridgehead atoms. The van der Waals surface area contributed by atoms with Crippen molar-refractivity contribution < 1.29 is 27.4 Å². The number of nitrogens with one attached hydrogen (secondary N) is 1. The number of aromatic nitrogens is 2. The fourth-order valence-corrected chi connectivity index (χ4v) is 6.12. The lowest BCUT2D eigenvalue weighted by Crippen LogP contribution is -2.32. The first-order chi connectivity index (χ1) is 17.4. The summed E-state index contributed by atoms with van der Waals surface area (Å²) in [6.07, 6.45) is 4.76. The van der Waals surface area contributed by atoms with Gasteiger partial charge in [0.25, 0.3) is 0 Å². The number of halogens is 1. The van der Waals surface area contributed by atoms with Gasteiger partial charge in [-0.3, -0.25) is 14.1 Å². The van der Waals surface area contributed by atoms with Crippen LogP contribution in [0.3, 0.4) is 0 Å². The molecule has 1 unspecified atom stereocenters. The van der Waals surface area contributed by atoms with Crippen LogP contribution >= 0.6 is 11.8 Å². The van der Waals surface area contributed by atoms with Crippen molar-refractivity contribution in [1.82, 2.24) is 14.4 Å². The maximum atomic E-state index is 15.2. The monoisotopic (exact) mass is 551 g/mol. The Morgan fingerprint density at radius 2 is 2.05 bits per heavy atom. The highest BCUT2D eigenvalue weighted by Gasteiger charge is 2.30. The standard InChI is InChI=1S/C24H30FN5O5S2/c1-24(2,3)36-21-14-30-19(12-26-22(30)10-20(21)35-7-6-31)15-8-17(25)23(34-5)18(9-15)28-37(32,33)16-11-27-29(4)13-16/h8-12,14,16,28,31H,6-7,13H2,1-5H3. The molecule has 200 valence electrons. The summed E-state index contributed by atoms with van der Waals surface area (Å²) in [5.41, 5.74) is 1.47. The number of fused-ring (bicyclic) bond motifs is 1. The van der Waals surface area contributed by atoms with Gasteiger partial charge in [0.2, 0.25) is 10.0 Å². The number of benzene rings is 1. The van der Waals surface area contributed by atoms with Gasteiger partial charge in [0.1, 0.15) is 23.3 Å². The van der Waals surface area contributed by atoms with E-state index in [-0.39, 0.29) is 35.9 Å². The maximum absolute atomic E-state index is 15.2. The molecule has 3 heterocycles. The van der Waals surface area contributed by atoms with Crippen LogP contribution in [-0.4, -0.2) is 78.0 Å². The van der Waals surface area contributed by atoms with Crippen molar-refractivity contribution in [2.75, 3.05) is 38.6 Å². The maximum Gasteiger partial charge on any atom is 0.242 e. The van der Waals surface area contributed by atoms with Crippen LogP contribution in [-0.2, 0) is 10.0 Å². The molecule has 13 heteroatoms. The molecule has 1 aromatic carbocycles. The van der Waals surface area contributed by atoms with Crippen LogP contribution in [0.25, 0.3) is 16.9 Å². The topological polar surface area (TPSA) is 118 Å². The average molecular weight is 552 g/mol.